The van der Waals surface area contributed by atoms with E-state index < -0.39 is 0 Å². The number of aromatic nitrogens is 2. The molecule has 0 bridgehead atoms. The molecule has 0 fully saturated rings. The van der Waals surface area contributed by atoms with E-state index in [-0.39, 0.29) is 11.4 Å². The number of imidazole rings is 1. The minimum atomic E-state index is -0.158. The molecule has 1 aromatic carbocycles. The van der Waals surface area contributed by atoms with Crippen LogP contribution in [-0.2, 0) is 0 Å². The summed E-state index contributed by atoms with van der Waals surface area (Å²) >= 11 is 17.5. The first-order valence-corrected chi connectivity index (χ1v) is 8.96. The van der Waals surface area contributed by atoms with E-state index in [0.717, 1.165) is 25.7 Å². The zero-order chi connectivity index (χ0) is 15.1. The fourth-order valence-corrected chi connectivity index (χ4v) is 4.06. The summed E-state index contributed by atoms with van der Waals surface area (Å²) in [5.41, 5.74) is 2.03. The summed E-state index contributed by atoms with van der Waals surface area (Å²) in [6.45, 7) is 4.09. The molecule has 6 heteroatoms. The van der Waals surface area contributed by atoms with Gasteiger partial charge in [0.05, 0.1) is 26.8 Å². The molecule has 2 unspecified atom stereocenters. The molecule has 2 aromatic heterocycles. The summed E-state index contributed by atoms with van der Waals surface area (Å²) in [7, 11) is 0. The normalized spacial score (nSPS) is 14.5. The van der Waals surface area contributed by atoms with Gasteiger partial charge in [0.25, 0.3) is 0 Å². The molecule has 0 saturated carbocycles. The number of hydrogen-bond acceptors (Lipinski definition) is 2. The first-order chi connectivity index (χ1) is 9.97. The highest BCUT2D eigenvalue weighted by Crippen LogP contribution is 2.35. The van der Waals surface area contributed by atoms with Gasteiger partial charge in [0, 0.05) is 9.35 Å². The summed E-state index contributed by atoms with van der Waals surface area (Å²) in [5, 5.41) is -0.158. The van der Waals surface area contributed by atoms with Crippen molar-refractivity contribution < 1.29 is 0 Å². The Kier molecular flexibility index (Phi) is 4.33. The molecule has 2 heterocycles. The first kappa shape index (κ1) is 15.3. The van der Waals surface area contributed by atoms with E-state index in [0.29, 0.717) is 0 Å². The fraction of sp³-hybridized carbons (Fsp3) is 0.267. The molecule has 110 valence electrons. The fourth-order valence-electron chi connectivity index (χ4n) is 2.45. The predicted octanol–water partition coefficient (Wildman–Crippen LogP) is 6.42. The minimum Gasteiger partial charge on any atom is -0.319 e. The van der Waals surface area contributed by atoms with E-state index in [1.54, 1.807) is 11.3 Å². The third-order valence-electron chi connectivity index (χ3n) is 3.43. The van der Waals surface area contributed by atoms with Gasteiger partial charge in [-0.15, -0.1) is 22.9 Å². The molecule has 3 rings (SSSR count). The predicted molar refractivity (Wildman–Crippen MR) is 94.8 cm³/mol. The molecule has 0 aliphatic carbocycles. The van der Waals surface area contributed by atoms with Gasteiger partial charge in [-0.2, -0.15) is 0 Å². The Labute approximate surface area is 145 Å². The number of halogens is 3. The molecule has 0 spiro atoms. The van der Waals surface area contributed by atoms with Crippen LogP contribution < -0.4 is 0 Å². The summed E-state index contributed by atoms with van der Waals surface area (Å²) in [6.07, 6.45) is 0. The summed E-state index contributed by atoms with van der Waals surface area (Å²) < 4.78 is 4.02. The average Bonchev–Trinajstić information content (AvgIpc) is 3.01. The number of rotatable bonds is 3. The Morgan fingerprint density at radius 2 is 2.00 bits per heavy atom. The second-order valence-corrected chi connectivity index (χ2v) is 8.22. The molecule has 3 aromatic rings. The molecule has 21 heavy (non-hydrogen) atoms. The minimum absolute atomic E-state index is 0.137. The van der Waals surface area contributed by atoms with Crippen LogP contribution in [0.25, 0.3) is 11.0 Å². The Bertz CT molecular complexity index is 794. The summed E-state index contributed by atoms with van der Waals surface area (Å²) in [4.78, 5) is 5.88. The molecular weight excluding hydrogens is 391 g/mol. The van der Waals surface area contributed by atoms with Crippen molar-refractivity contribution in [2.24, 2.45) is 0 Å². The molecule has 0 aliphatic heterocycles. The molecule has 0 amide bonds. The van der Waals surface area contributed by atoms with Crippen LogP contribution >= 0.6 is 50.5 Å². The highest BCUT2D eigenvalue weighted by Gasteiger charge is 2.21. The lowest BCUT2D eigenvalue weighted by molar-refractivity contribution is 0.628. The SMILES string of the molecule is CC(Cl)c1nc2ccc(Br)cc2n1C(C)c1ccc(Cl)s1. The number of thiophene rings is 1. The smallest absolute Gasteiger partial charge is 0.128 e. The van der Waals surface area contributed by atoms with Crippen molar-refractivity contribution in [1.82, 2.24) is 9.55 Å². The standard InChI is InChI=1S/C15H13BrCl2N2S/c1-8(17)15-19-11-4-3-10(16)7-12(11)20(15)9(2)13-5-6-14(18)21-13/h3-9H,1-2H3. The number of benzene rings is 1. The van der Waals surface area contributed by atoms with Crippen LogP contribution in [0.5, 0.6) is 0 Å². The van der Waals surface area contributed by atoms with Crippen LogP contribution in [0.1, 0.15) is 36.0 Å². The van der Waals surface area contributed by atoms with E-state index in [1.807, 2.05) is 25.1 Å². The van der Waals surface area contributed by atoms with Crippen molar-refractivity contribution in [1.29, 1.82) is 0 Å². The van der Waals surface area contributed by atoms with E-state index in [1.165, 1.54) is 4.88 Å². The largest absolute Gasteiger partial charge is 0.319 e. The third-order valence-corrected chi connectivity index (χ3v) is 5.52. The average molecular weight is 404 g/mol. The van der Waals surface area contributed by atoms with Crippen molar-refractivity contribution in [3.63, 3.8) is 0 Å². The van der Waals surface area contributed by atoms with Crippen LogP contribution in [0.4, 0.5) is 0 Å². The zero-order valence-electron chi connectivity index (χ0n) is 11.5. The maximum Gasteiger partial charge on any atom is 0.128 e. The van der Waals surface area contributed by atoms with Crippen LogP contribution in [0.2, 0.25) is 4.34 Å². The molecular formula is C15H13BrCl2N2S. The Morgan fingerprint density at radius 3 is 2.62 bits per heavy atom. The maximum absolute atomic E-state index is 6.34. The Balaban J connectivity index is 2.23. The molecule has 2 atom stereocenters. The van der Waals surface area contributed by atoms with Crippen LogP contribution in [-0.4, -0.2) is 9.55 Å². The molecule has 0 saturated heterocycles. The van der Waals surface area contributed by atoms with Crippen molar-refractivity contribution in [2.45, 2.75) is 25.3 Å². The quantitative estimate of drug-likeness (QED) is 0.461. The highest BCUT2D eigenvalue weighted by atomic mass is 79.9. The summed E-state index contributed by atoms with van der Waals surface area (Å²) in [5.74, 6) is 0.877. The van der Waals surface area contributed by atoms with Crippen molar-refractivity contribution in [3.05, 3.63) is 49.8 Å². The summed E-state index contributed by atoms with van der Waals surface area (Å²) in [6, 6.07) is 10.2. The van der Waals surface area contributed by atoms with Crippen molar-refractivity contribution >= 4 is 61.5 Å². The first-order valence-electron chi connectivity index (χ1n) is 6.54. The third kappa shape index (κ3) is 2.87. The number of fused-ring (bicyclic) bond motifs is 1. The Hall–Kier alpha value is -0.550. The van der Waals surface area contributed by atoms with E-state index in [9.17, 15) is 0 Å². The van der Waals surface area contributed by atoms with E-state index >= 15 is 0 Å². The lowest BCUT2D eigenvalue weighted by atomic mass is 10.2. The van der Waals surface area contributed by atoms with Crippen molar-refractivity contribution in [3.8, 4) is 0 Å². The molecule has 2 nitrogen and oxygen atoms in total. The van der Waals surface area contributed by atoms with Gasteiger partial charge in [-0.05, 0) is 44.2 Å². The van der Waals surface area contributed by atoms with Gasteiger partial charge >= 0.3 is 0 Å². The Morgan fingerprint density at radius 1 is 1.24 bits per heavy atom. The van der Waals surface area contributed by atoms with Crippen LogP contribution in [0.3, 0.4) is 0 Å². The zero-order valence-corrected chi connectivity index (χ0v) is 15.4. The lowest BCUT2D eigenvalue weighted by Gasteiger charge is -2.17. The maximum atomic E-state index is 6.34. The molecule has 0 aliphatic rings. The molecule has 0 N–H and O–H groups in total. The number of nitrogens with zero attached hydrogens (tertiary/aromatic N) is 2. The lowest BCUT2D eigenvalue weighted by Crippen LogP contribution is -2.10. The second-order valence-electron chi connectivity index (χ2n) is 4.91. The molecule has 0 radical (unpaired) electrons. The van der Waals surface area contributed by atoms with E-state index in [4.69, 9.17) is 23.2 Å². The van der Waals surface area contributed by atoms with Gasteiger partial charge in [-0.1, -0.05) is 27.5 Å². The monoisotopic (exact) mass is 402 g/mol. The number of alkyl halides is 1. The van der Waals surface area contributed by atoms with Crippen molar-refractivity contribution in [2.75, 3.05) is 0 Å². The highest BCUT2D eigenvalue weighted by molar-refractivity contribution is 9.10. The van der Waals surface area contributed by atoms with Gasteiger partial charge in [-0.3, -0.25) is 0 Å². The van der Waals surface area contributed by atoms with Gasteiger partial charge < -0.3 is 4.57 Å². The van der Waals surface area contributed by atoms with Gasteiger partial charge in [0.1, 0.15) is 5.82 Å². The number of hydrogen-bond donors (Lipinski definition) is 0. The van der Waals surface area contributed by atoms with Gasteiger partial charge in [0.2, 0.25) is 0 Å². The van der Waals surface area contributed by atoms with E-state index in [2.05, 4.69) is 44.5 Å². The van der Waals surface area contributed by atoms with Crippen LogP contribution in [0, 0.1) is 0 Å². The topological polar surface area (TPSA) is 17.8 Å². The van der Waals surface area contributed by atoms with Crippen LogP contribution in [0.15, 0.2) is 34.8 Å². The van der Waals surface area contributed by atoms with Gasteiger partial charge in [-0.25, -0.2) is 4.98 Å². The second kappa shape index (κ2) is 5.92. The van der Waals surface area contributed by atoms with Gasteiger partial charge in [0.15, 0.2) is 0 Å².